The molecule has 1 N–H and O–H groups in total. The van der Waals surface area contributed by atoms with E-state index in [1.807, 2.05) is 0 Å². The Labute approximate surface area is 89.6 Å². The first-order chi connectivity index (χ1) is 7.34. The Hall–Kier alpha value is -1.03. The molecule has 15 heavy (non-hydrogen) atoms. The summed E-state index contributed by atoms with van der Waals surface area (Å²) in [6, 6.07) is 0. The minimum absolute atomic E-state index is 0.100. The lowest BCUT2D eigenvalue weighted by atomic mass is 9.95. The molecule has 1 aliphatic heterocycles. The average Bonchev–Trinajstić information content (AvgIpc) is 2.66. The van der Waals surface area contributed by atoms with Crippen LogP contribution in [-0.4, -0.2) is 32.0 Å². The maximum absolute atomic E-state index is 10.7. The van der Waals surface area contributed by atoms with E-state index < -0.39 is 0 Å². The number of carbonyl (C=O) groups excluding carboxylic acids is 1. The summed E-state index contributed by atoms with van der Waals surface area (Å²) >= 11 is 0. The fourth-order valence-corrected chi connectivity index (χ4v) is 1.90. The molecule has 2 rings (SSSR count). The van der Waals surface area contributed by atoms with Gasteiger partial charge in [0.15, 0.2) is 0 Å². The van der Waals surface area contributed by atoms with Crippen LogP contribution in [0.4, 0.5) is 4.79 Å². The molecule has 84 valence electrons. The second-order valence-corrected chi connectivity index (χ2v) is 4.10. The molecule has 1 heterocycles. The van der Waals surface area contributed by atoms with Crippen molar-refractivity contribution in [2.75, 3.05) is 19.8 Å². The molecule has 1 aliphatic carbocycles. The van der Waals surface area contributed by atoms with Crippen molar-refractivity contribution in [3.05, 3.63) is 12.2 Å². The smallest absolute Gasteiger partial charge is 0.407 e. The van der Waals surface area contributed by atoms with Crippen molar-refractivity contribution in [3.63, 3.8) is 0 Å². The summed E-state index contributed by atoms with van der Waals surface area (Å²) < 4.78 is 10.5. The van der Waals surface area contributed by atoms with E-state index in [2.05, 4.69) is 17.5 Å². The summed E-state index contributed by atoms with van der Waals surface area (Å²) in [5.41, 5.74) is 0. The highest BCUT2D eigenvalue weighted by atomic mass is 16.6. The van der Waals surface area contributed by atoms with Crippen molar-refractivity contribution in [2.24, 2.45) is 5.92 Å². The fourth-order valence-electron chi connectivity index (χ4n) is 1.90. The lowest BCUT2D eigenvalue weighted by molar-refractivity contribution is 0.0290. The van der Waals surface area contributed by atoms with Crippen LogP contribution in [0.3, 0.4) is 0 Å². The molecule has 4 heteroatoms. The number of cyclic esters (lactones) is 1. The van der Waals surface area contributed by atoms with Crippen LogP contribution in [0, 0.1) is 5.92 Å². The molecular weight excluding hydrogens is 194 g/mol. The van der Waals surface area contributed by atoms with Gasteiger partial charge in [0.1, 0.15) is 6.10 Å². The first-order valence-electron chi connectivity index (χ1n) is 5.52. The van der Waals surface area contributed by atoms with Crippen molar-refractivity contribution in [1.29, 1.82) is 0 Å². The van der Waals surface area contributed by atoms with E-state index in [-0.39, 0.29) is 12.2 Å². The van der Waals surface area contributed by atoms with Gasteiger partial charge in [0.25, 0.3) is 0 Å². The molecule has 1 amide bonds. The summed E-state index contributed by atoms with van der Waals surface area (Å²) in [7, 11) is 0. The van der Waals surface area contributed by atoms with Crippen molar-refractivity contribution in [3.8, 4) is 0 Å². The van der Waals surface area contributed by atoms with Crippen LogP contribution < -0.4 is 5.32 Å². The lowest BCUT2D eigenvalue weighted by Crippen LogP contribution is -2.22. The zero-order valence-corrected chi connectivity index (χ0v) is 8.78. The molecule has 0 radical (unpaired) electrons. The maximum atomic E-state index is 10.7. The number of carbonyl (C=O) groups is 1. The molecule has 0 unspecified atom stereocenters. The molecule has 0 spiro atoms. The van der Waals surface area contributed by atoms with E-state index >= 15 is 0 Å². The third-order valence-electron chi connectivity index (χ3n) is 2.78. The summed E-state index contributed by atoms with van der Waals surface area (Å²) in [5.74, 6) is 0.639. The Bertz CT molecular complexity index is 248. The molecule has 0 saturated carbocycles. The van der Waals surface area contributed by atoms with E-state index in [9.17, 15) is 4.79 Å². The zero-order valence-electron chi connectivity index (χ0n) is 8.78. The highest BCUT2D eigenvalue weighted by Crippen LogP contribution is 2.18. The van der Waals surface area contributed by atoms with Crippen molar-refractivity contribution in [1.82, 2.24) is 5.32 Å². The van der Waals surface area contributed by atoms with Gasteiger partial charge in [0.05, 0.1) is 13.2 Å². The quantitative estimate of drug-likeness (QED) is 0.716. The summed E-state index contributed by atoms with van der Waals surface area (Å²) in [6.07, 6.45) is 7.49. The number of rotatable bonds is 4. The molecule has 0 bridgehead atoms. The predicted octanol–water partition coefficient (Wildman–Crippen LogP) is 1.47. The van der Waals surface area contributed by atoms with Crippen LogP contribution in [-0.2, 0) is 9.47 Å². The van der Waals surface area contributed by atoms with Crippen LogP contribution >= 0.6 is 0 Å². The monoisotopic (exact) mass is 211 g/mol. The molecule has 0 aromatic heterocycles. The Morgan fingerprint density at radius 3 is 3.07 bits per heavy atom. The Kier molecular flexibility index (Phi) is 3.61. The van der Waals surface area contributed by atoms with Gasteiger partial charge >= 0.3 is 6.09 Å². The first kappa shape index (κ1) is 10.5. The van der Waals surface area contributed by atoms with Gasteiger partial charge in [-0.15, -0.1) is 0 Å². The van der Waals surface area contributed by atoms with E-state index in [0.29, 0.717) is 19.1 Å². The maximum Gasteiger partial charge on any atom is 0.407 e. The Balaban J connectivity index is 1.58. The minimum atomic E-state index is -0.329. The van der Waals surface area contributed by atoms with Gasteiger partial charge < -0.3 is 14.8 Å². The van der Waals surface area contributed by atoms with Gasteiger partial charge in [-0.1, -0.05) is 12.2 Å². The summed E-state index contributed by atoms with van der Waals surface area (Å²) in [5, 5.41) is 2.61. The number of hydrogen-bond acceptors (Lipinski definition) is 3. The predicted molar refractivity (Wildman–Crippen MR) is 55.6 cm³/mol. The van der Waals surface area contributed by atoms with Crippen LogP contribution in [0.15, 0.2) is 12.2 Å². The lowest BCUT2D eigenvalue weighted by Gasteiger charge is -2.18. The fraction of sp³-hybridized carbons (Fsp3) is 0.727. The van der Waals surface area contributed by atoms with Gasteiger partial charge in [0, 0.05) is 6.61 Å². The van der Waals surface area contributed by atoms with E-state index in [0.717, 1.165) is 19.4 Å². The third kappa shape index (κ3) is 3.23. The molecule has 0 aromatic rings. The van der Waals surface area contributed by atoms with Gasteiger partial charge in [-0.25, -0.2) is 4.79 Å². The van der Waals surface area contributed by atoms with E-state index in [4.69, 9.17) is 9.47 Å². The van der Waals surface area contributed by atoms with Crippen LogP contribution in [0.1, 0.15) is 19.3 Å². The zero-order chi connectivity index (χ0) is 10.5. The molecule has 2 atom stereocenters. The Morgan fingerprint density at radius 1 is 1.47 bits per heavy atom. The van der Waals surface area contributed by atoms with Crippen molar-refractivity contribution in [2.45, 2.75) is 25.4 Å². The van der Waals surface area contributed by atoms with Crippen LogP contribution in [0.5, 0.6) is 0 Å². The summed E-state index contributed by atoms with van der Waals surface area (Å²) in [4.78, 5) is 10.7. The van der Waals surface area contributed by atoms with Crippen molar-refractivity contribution < 1.29 is 14.3 Å². The molecule has 2 aliphatic rings. The number of ether oxygens (including phenoxy) is 2. The normalized spacial score (nSPS) is 30.0. The highest BCUT2D eigenvalue weighted by Gasteiger charge is 2.22. The van der Waals surface area contributed by atoms with E-state index in [1.165, 1.54) is 6.42 Å². The summed E-state index contributed by atoms with van der Waals surface area (Å²) in [6.45, 7) is 1.86. The number of allylic oxidation sites excluding steroid dienone is 2. The van der Waals surface area contributed by atoms with Crippen LogP contribution in [0.25, 0.3) is 0 Å². The van der Waals surface area contributed by atoms with Crippen molar-refractivity contribution >= 4 is 6.09 Å². The second-order valence-electron chi connectivity index (χ2n) is 4.10. The number of hydrogen-bond donors (Lipinski definition) is 1. The van der Waals surface area contributed by atoms with Gasteiger partial charge in [-0.2, -0.15) is 0 Å². The van der Waals surface area contributed by atoms with Gasteiger partial charge in [-0.05, 0) is 25.2 Å². The third-order valence-corrected chi connectivity index (χ3v) is 2.78. The highest BCUT2D eigenvalue weighted by molar-refractivity contribution is 5.69. The topological polar surface area (TPSA) is 47.6 Å². The van der Waals surface area contributed by atoms with E-state index in [1.54, 1.807) is 0 Å². The van der Waals surface area contributed by atoms with Crippen LogP contribution in [0.2, 0.25) is 0 Å². The molecule has 1 saturated heterocycles. The SMILES string of the molecule is O=C1NC[C@@H](COC[C@@H]2CC=CCC2)O1. The largest absolute Gasteiger partial charge is 0.442 e. The minimum Gasteiger partial charge on any atom is -0.442 e. The average molecular weight is 211 g/mol. The van der Waals surface area contributed by atoms with Gasteiger partial charge in [0.2, 0.25) is 0 Å². The Morgan fingerprint density at radius 2 is 2.40 bits per heavy atom. The molecule has 0 aromatic carbocycles. The molecular formula is C11H17NO3. The number of nitrogens with one attached hydrogen (secondary N) is 1. The number of amides is 1. The first-order valence-corrected chi connectivity index (χ1v) is 5.52. The molecule has 4 nitrogen and oxygen atoms in total. The van der Waals surface area contributed by atoms with Gasteiger partial charge in [-0.3, -0.25) is 0 Å². The molecule has 1 fully saturated rings. The number of alkyl carbamates (subject to hydrolysis) is 1. The standard InChI is InChI=1S/C11H17NO3/c13-11-12-6-10(15-11)8-14-7-9-4-2-1-3-5-9/h1-2,9-10H,3-8H2,(H,12,13)/t9-,10+/m1/s1. The second kappa shape index (κ2) is 5.16.